The lowest BCUT2D eigenvalue weighted by Gasteiger charge is -2.12. The van der Waals surface area contributed by atoms with E-state index in [1.165, 1.54) is 5.56 Å². The highest BCUT2D eigenvalue weighted by Gasteiger charge is 2.03. The van der Waals surface area contributed by atoms with Gasteiger partial charge in [0.15, 0.2) is 0 Å². The summed E-state index contributed by atoms with van der Waals surface area (Å²) in [7, 11) is 0. The van der Waals surface area contributed by atoms with Gasteiger partial charge in [-0.2, -0.15) is 11.3 Å². The molecular weight excluding hydrogens is 228 g/mol. The van der Waals surface area contributed by atoms with E-state index in [2.05, 4.69) is 40.1 Å². The van der Waals surface area contributed by atoms with Gasteiger partial charge in [0.2, 0.25) is 0 Å². The van der Waals surface area contributed by atoms with Gasteiger partial charge in [-0.1, -0.05) is 6.07 Å². The van der Waals surface area contributed by atoms with Gasteiger partial charge in [0.1, 0.15) is 0 Å². The summed E-state index contributed by atoms with van der Waals surface area (Å²) in [6.45, 7) is 3.22. The van der Waals surface area contributed by atoms with E-state index in [0.29, 0.717) is 6.04 Å². The summed E-state index contributed by atoms with van der Waals surface area (Å²) in [5.41, 5.74) is 2.58. The van der Waals surface area contributed by atoms with Gasteiger partial charge < -0.3 is 5.32 Å². The van der Waals surface area contributed by atoms with Gasteiger partial charge in [0, 0.05) is 30.9 Å². The summed E-state index contributed by atoms with van der Waals surface area (Å²) in [6.07, 6.45) is 3.95. The zero-order chi connectivity index (χ0) is 11.9. The Bertz CT molecular complexity index is 411. The van der Waals surface area contributed by atoms with Crippen molar-refractivity contribution in [3.05, 3.63) is 52.5 Å². The van der Waals surface area contributed by atoms with Crippen molar-refractivity contribution in [1.29, 1.82) is 0 Å². The van der Waals surface area contributed by atoms with Gasteiger partial charge in [-0.15, -0.1) is 0 Å². The standard InChI is InChI=1S/C14H18N2S/c1-12(10-13-6-9-17-11-13)15-8-5-14-4-2-3-7-16-14/h2-4,6-7,9,11-12,15H,5,8,10H2,1H3. The van der Waals surface area contributed by atoms with Crippen LogP contribution in [0.5, 0.6) is 0 Å². The molecule has 0 aliphatic rings. The van der Waals surface area contributed by atoms with Crippen molar-refractivity contribution in [2.24, 2.45) is 0 Å². The van der Waals surface area contributed by atoms with E-state index in [4.69, 9.17) is 0 Å². The van der Waals surface area contributed by atoms with E-state index in [-0.39, 0.29) is 0 Å². The maximum Gasteiger partial charge on any atom is 0.0416 e. The molecule has 0 saturated heterocycles. The number of nitrogens with one attached hydrogen (secondary N) is 1. The molecule has 2 heterocycles. The number of aromatic nitrogens is 1. The molecule has 1 unspecified atom stereocenters. The third-order valence-corrected chi connectivity index (χ3v) is 3.45. The third kappa shape index (κ3) is 4.29. The fraction of sp³-hybridized carbons (Fsp3) is 0.357. The molecule has 90 valence electrons. The summed E-state index contributed by atoms with van der Waals surface area (Å²) in [5.74, 6) is 0. The van der Waals surface area contributed by atoms with Crippen molar-refractivity contribution in [2.45, 2.75) is 25.8 Å². The fourth-order valence-electron chi connectivity index (χ4n) is 1.83. The Kier molecular flexibility index (Phi) is 4.71. The minimum absolute atomic E-state index is 0.522. The van der Waals surface area contributed by atoms with E-state index in [1.807, 2.05) is 18.3 Å². The predicted octanol–water partition coefficient (Wildman–Crippen LogP) is 2.91. The number of hydrogen-bond donors (Lipinski definition) is 1. The number of hydrogen-bond acceptors (Lipinski definition) is 3. The Labute approximate surface area is 107 Å². The van der Waals surface area contributed by atoms with Gasteiger partial charge >= 0.3 is 0 Å². The van der Waals surface area contributed by atoms with Crippen molar-refractivity contribution in [2.75, 3.05) is 6.54 Å². The van der Waals surface area contributed by atoms with Gasteiger partial charge in [0.25, 0.3) is 0 Å². The normalized spacial score (nSPS) is 12.5. The molecule has 2 aromatic rings. The number of rotatable bonds is 6. The van der Waals surface area contributed by atoms with Crippen molar-refractivity contribution in [1.82, 2.24) is 10.3 Å². The average Bonchev–Trinajstić information content (AvgIpc) is 2.83. The van der Waals surface area contributed by atoms with Crippen molar-refractivity contribution in [3.8, 4) is 0 Å². The van der Waals surface area contributed by atoms with Gasteiger partial charge in [-0.3, -0.25) is 4.98 Å². The van der Waals surface area contributed by atoms with Crippen LogP contribution in [-0.2, 0) is 12.8 Å². The molecule has 0 aliphatic carbocycles. The summed E-state index contributed by atoms with van der Waals surface area (Å²) in [4.78, 5) is 4.31. The van der Waals surface area contributed by atoms with Crippen LogP contribution in [0.1, 0.15) is 18.2 Å². The van der Waals surface area contributed by atoms with Crippen LogP contribution < -0.4 is 5.32 Å². The smallest absolute Gasteiger partial charge is 0.0416 e. The second-order valence-electron chi connectivity index (χ2n) is 4.26. The predicted molar refractivity (Wildman–Crippen MR) is 73.4 cm³/mol. The Morgan fingerprint density at radius 3 is 3.00 bits per heavy atom. The number of thiophene rings is 1. The Morgan fingerprint density at radius 2 is 2.29 bits per heavy atom. The topological polar surface area (TPSA) is 24.9 Å². The molecular formula is C14H18N2S. The molecule has 2 rings (SSSR count). The highest BCUT2D eigenvalue weighted by atomic mass is 32.1. The summed E-state index contributed by atoms with van der Waals surface area (Å²) in [5, 5.41) is 7.89. The van der Waals surface area contributed by atoms with Crippen LogP contribution in [0, 0.1) is 0 Å². The van der Waals surface area contributed by atoms with Gasteiger partial charge in [0.05, 0.1) is 0 Å². The molecule has 0 spiro atoms. The molecule has 0 amide bonds. The highest BCUT2D eigenvalue weighted by molar-refractivity contribution is 7.07. The SMILES string of the molecule is CC(Cc1ccsc1)NCCc1ccccn1. The Hall–Kier alpha value is -1.19. The second kappa shape index (κ2) is 6.52. The Balaban J connectivity index is 1.68. The lowest BCUT2D eigenvalue weighted by molar-refractivity contribution is 0.547. The number of pyridine rings is 1. The molecule has 2 nitrogen and oxygen atoms in total. The molecule has 1 atom stereocenters. The summed E-state index contributed by atoms with van der Waals surface area (Å²) >= 11 is 1.76. The number of nitrogens with zero attached hydrogens (tertiary/aromatic N) is 1. The first kappa shape index (κ1) is 12.3. The lowest BCUT2D eigenvalue weighted by atomic mass is 10.1. The van der Waals surface area contributed by atoms with E-state index in [0.717, 1.165) is 25.1 Å². The molecule has 3 heteroatoms. The van der Waals surface area contributed by atoms with Gasteiger partial charge in [-0.05, 0) is 47.9 Å². The largest absolute Gasteiger partial charge is 0.314 e. The highest BCUT2D eigenvalue weighted by Crippen LogP contribution is 2.08. The van der Waals surface area contributed by atoms with Crippen LogP contribution in [0.25, 0.3) is 0 Å². The van der Waals surface area contributed by atoms with Crippen LogP contribution in [0.4, 0.5) is 0 Å². The quantitative estimate of drug-likeness (QED) is 0.847. The lowest BCUT2D eigenvalue weighted by Crippen LogP contribution is -2.29. The van der Waals surface area contributed by atoms with Crippen LogP contribution in [0.3, 0.4) is 0 Å². The zero-order valence-electron chi connectivity index (χ0n) is 10.1. The summed E-state index contributed by atoms with van der Waals surface area (Å²) in [6, 6.07) is 8.79. The van der Waals surface area contributed by atoms with Crippen LogP contribution in [0.2, 0.25) is 0 Å². The first-order valence-electron chi connectivity index (χ1n) is 5.99. The van der Waals surface area contributed by atoms with E-state index in [9.17, 15) is 0 Å². The second-order valence-corrected chi connectivity index (χ2v) is 5.04. The monoisotopic (exact) mass is 246 g/mol. The fourth-order valence-corrected chi connectivity index (χ4v) is 2.51. The van der Waals surface area contributed by atoms with Crippen molar-refractivity contribution < 1.29 is 0 Å². The van der Waals surface area contributed by atoms with E-state index < -0.39 is 0 Å². The third-order valence-electron chi connectivity index (χ3n) is 2.72. The zero-order valence-corrected chi connectivity index (χ0v) is 10.9. The van der Waals surface area contributed by atoms with Crippen LogP contribution in [-0.4, -0.2) is 17.6 Å². The first-order chi connectivity index (χ1) is 8.34. The molecule has 1 N–H and O–H groups in total. The molecule has 0 radical (unpaired) electrons. The maximum absolute atomic E-state index is 4.31. The molecule has 17 heavy (non-hydrogen) atoms. The van der Waals surface area contributed by atoms with Gasteiger partial charge in [-0.25, -0.2) is 0 Å². The van der Waals surface area contributed by atoms with E-state index >= 15 is 0 Å². The molecule has 2 aromatic heterocycles. The first-order valence-corrected chi connectivity index (χ1v) is 6.93. The van der Waals surface area contributed by atoms with E-state index in [1.54, 1.807) is 11.3 Å². The molecule has 0 aromatic carbocycles. The minimum atomic E-state index is 0.522. The molecule has 0 bridgehead atoms. The van der Waals surface area contributed by atoms with Crippen LogP contribution in [0.15, 0.2) is 41.2 Å². The molecule has 0 saturated carbocycles. The molecule has 0 aliphatic heterocycles. The summed E-state index contributed by atoms with van der Waals surface area (Å²) < 4.78 is 0. The minimum Gasteiger partial charge on any atom is -0.314 e. The van der Waals surface area contributed by atoms with Crippen LogP contribution >= 0.6 is 11.3 Å². The van der Waals surface area contributed by atoms with Crippen molar-refractivity contribution in [3.63, 3.8) is 0 Å². The average molecular weight is 246 g/mol. The Morgan fingerprint density at radius 1 is 1.35 bits per heavy atom. The maximum atomic E-state index is 4.31. The van der Waals surface area contributed by atoms with Crippen molar-refractivity contribution >= 4 is 11.3 Å². The molecule has 0 fully saturated rings.